The van der Waals surface area contributed by atoms with Crippen molar-refractivity contribution in [1.29, 1.82) is 0 Å². The molecular weight excluding hydrogens is 354 g/mol. The summed E-state index contributed by atoms with van der Waals surface area (Å²) in [5.74, 6) is 0.962. The van der Waals surface area contributed by atoms with Crippen molar-refractivity contribution in [2.75, 3.05) is 33.9 Å². The van der Waals surface area contributed by atoms with E-state index in [0.29, 0.717) is 26.2 Å². The number of carbonyl (C=O) groups excluding carboxylic acids is 1. The highest BCUT2D eigenvalue weighted by Crippen LogP contribution is 2.17. The van der Waals surface area contributed by atoms with Crippen molar-refractivity contribution in [3.63, 3.8) is 0 Å². The van der Waals surface area contributed by atoms with Crippen LogP contribution in [0.25, 0.3) is 0 Å². The Morgan fingerprint density at radius 1 is 1.25 bits per heavy atom. The molecule has 1 heterocycles. The van der Waals surface area contributed by atoms with Gasteiger partial charge in [0.15, 0.2) is 0 Å². The van der Waals surface area contributed by atoms with E-state index < -0.39 is 0 Å². The highest BCUT2D eigenvalue weighted by Gasteiger charge is 2.20. The lowest BCUT2D eigenvalue weighted by Crippen LogP contribution is -2.43. The van der Waals surface area contributed by atoms with Gasteiger partial charge in [-0.05, 0) is 43.2 Å². The lowest BCUT2D eigenvalue weighted by molar-refractivity contribution is -0.133. The van der Waals surface area contributed by atoms with Crippen LogP contribution < -0.4 is 10.1 Å². The zero-order chi connectivity index (χ0) is 20.4. The number of carbonyl (C=O) groups is 1. The Morgan fingerprint density at radius 2 is 2.07 bits per heavy atom. The van der Waals surface area contributed by atoms with E-state index in [1.54, 1.807) is 14.2 Å². The van der Waals surface area contributed by atoms with Gasteiger partial charge in [0.25, 0.3) is 0 Å². The first-order valence-corrected chi connectivity index (χ1v) is 9.85. The highest BCUT2D eigenvalue weighted by atomic mass is 16.5. The van der Waals surface area contributed by atoms with E-state index >= 15 is 0 Å². The minimum Gasteiger partial charge on any atom is -0.497 e. The third-order valence-corrected chi connectivity index (χ3v) is 4.95. The first-order chi connectivity index (χ1) is 13.6. The van der Waals surface area contributed by atoms with Gasteiger partial charge in [-0.2, -0.15) is 0 Å². The van der Waals surface area contributed by atoms with E-state index in [2.05, 4.69) is 42.1 Å². The van der Waals surface area contributed by atoms with E-state index in [1.165, 1.54) is 5.56 Å². The van der Waals surface area contributed by atoms with E-state index in [0.717, 1.165) is 24.4 Å². The lowest BCUT2D eigenvalue weighted by atomic mass is 10.2. The van der Waals surface area contributed by atoms with Crippen LogP contribution in [0.4, 0.5) is 0 Å². The third-order valence-electron chi connectivity index (χ3n) is 4.95. The Labute approximate surface area is 168 Å². The monoisotopic (exact) mass is 387 g/mol. The molecule has 0 aliphatic rings. The Bertz CT molecular complexity index is 729. The van der Waals surface area contributed by atoms with Crippen molar-refractivity contribution < 1.29 is 14.3 Å². The summed E-state index contributed by atoms with van der Waals surface area (Å²) in [6, 6.07) is 12.4. The van der Waals surface area contributed by atoms with E-state index in [1.807, 2.05) is 29.2 Å². The zero-order valence-electron chi connectivity index (χ0n) is 17.5. The average Bonchev–Trinajstić information content (AvgIpc) is 3.15. The molecule has 0 aliphatic heterocycles. The minimum atomic E-state index is 0.111. The van der Waals surface area contributed by atoms with Crippen molar-refractivity contribution in [1.82, 2.24) is 14.8 Å². The number of ether oxygens (including phenoxy) is 2. The van der Waals surface area contributed by atoms with Crippen LogP contribution in [0.15, 0.2) is 42.6 Å². The molecule has 0 spiro atoms. The van der Waals surface area contributed by atoms with Crippen molar-refractivity contribution in [2.24, 2.45) is 0 Å². The fourth-order valence-electron chi connectivity index (χ4n) is 3.07. The SMILES string of the molecule is CCC(C)N(Cc1cccn1Cc1cccc(OC)c1)C(=O)CNCCOC. The summed E-state index contributed by atoms with van der Waals surface area (Å²) >= 11 is 0. The Kier molecular flexibility index (Phi) is 9.04. The summed E-state index contributed by atoms with van der Waals surface area (Å²) in [5.41, 5.74) is 2.29. The summed E-state index contributed by atoms with van der Waals surface area (Å²) < 4.78 is 12.5. The molecule has 0 saturated carbocycles. The van der Waals surface area contributed by atoms with Crippen molar-refractivity contribution in [3.05, 3.63) is 53.9 Å². The number of hydrogen-bond acceptors (Lipinski definition) is 4. The number of hydrogen-bond donors (Lipinski definition) is 1. The molecule has 0 bridgehead atoms. The summed E-state index contributed by atoms with van der Waals surface area (Å²) in [6.45, 7) is 7.14. The first kappa shape index (κ1) is 22.0. The van der Waals surface area contributed by atoms with Crippen LogP contribution >= 0.6 is 0 Å². The molecule has 0 saturated heterocycles. The fourth-order valence-corrected chi connectivity index (χ4v) is 3.07. The molecule has 6 nitrogen and oxygen atoms in total. The van der Waals surface area contributed by atoms with Crippen LogP contribution in [-0.2, 0) is 22.6 Å². The number of methoxy groups -OCH3 is 2. The second-order valence-electron chi connectivity index (χ2n) is 6.93. The standard InChI is InChI=1S/C22H33N3O3/c1-5-18(2)25(22(26)15-23-11-13-27-3)17-20-9-7-12-24(20)16-19-8-6-10-21(14-19)28-4/h6-10,12,14,18,23H,5,11,13,15-17H2,1-4H3. The van der Waals surface area contributed by atoms with Crippen LogP contribution in [0.1, 0.15) is 31.5 Å². The van der Waals surface area contributed by atoms with Crippen molar-refractivity contribution >= 4 is 5.91 Å². The molecule has 2 aromatic rings. The summed E-state index contributed by atoms with van der Waals surface area (Å²) in [5, 5.41) is 3.16. The van der Waals surface area contributed by atoms with Crippen molar-refractivity contribution in [2.45, 2.75) is 39.4 Å². The number of amides is 1. The van der Waals surface area contributed by atoms with Crippen LogP contribution in [-0.4, -0.2) is 55.3 Å². The molecule has 1 atom stereocenters. The maximum atomic E-state index is 12.8. The van der Waals surface area contributed by atoms with Crippen LogP contribution in [0.3, 0.4) is 0 Å². The molecular formula is C22H33N3O3. The van der Waals surface area contributed by atoms with Crippen LogP contribution in [0.5, 0.6) is 5.75 Å². The minimum absolute atomic E-state index is 0.111. The predicted octanol–water partition coefficient (Wildman–Crippen LogP) is 2.91. The number of nitrogens with zero attached hydrogens (tertiary/aromatic N) is 2. The Balaban J connectivity index is 2.08. The van der Waals surface area contributed by atoms with E-state index in [4.69, 9.17) is 9.47 Å². The molecule has 1 aromatic heterocycles. The second-order valence-corrected chi connectivity index (χ2v) is 6.93. The topological polar surface area (TPSA) is 55.7 Å². The number of rotatable bonds is 12. The number of benzene rings is 1. The van der Waals surface area contributed by atoms with Gasteiger partial charge in [0.1, 0.15) is 5.75 Å². The fraction of sp³-hybridized carbons (Fsp3) is 0.500. The van der Waals surface area contributed by atoms with Gasteiger partial charge in [-0.1, -0.05) is 19.1 Å². The molecule has 1 amide bonds. The van der Waals surface area contributed by atoms with Gasteiger partial charge in [-0.25, -0.2) is 0 Å². The van der Waals surface area contributed by atoms with Gasteiger partial charge in [0.2, 0.25) is 5.91 Å². The van der Waals surface area contributed by atoms with Crippen LogP contribution in [0.2, 0.25) is 0 Å². The first-order valence-electron chi connectivity index (χ1n) is 9.85. The smallest absolute Gasteiger partial charge is 0.237 e. The molecule has 2 rings (SSSR count). The Hall–Kier alpha value is -2.31. The molecule has 154 valence electrons. The molecule has 28 heavy (non-hydrogen) atoms. The largest absolute Gasteiger partial charge is 0.497 e. The molecule has 0 radical (unpaired) electrons. The molecule has 0 fully saturated rings. The average molecular weight is 388 g/mol. The zero-order valence-corrected chi connectivity index (χ0v) is 17.5. The molecule has 1 aromatic carbocycles. The quantitative estimate of drug-likeness (QED) is 0.569. The third kappa shape index (κ3) is 6.39. The molecule has 1 unspecified atom stereocenters. The van der Waals surface area contributed by atoms with Gasteiger partial charge in [0.05, 0.1) is 26.8 Å². The normalized spacial score (nSPS) is 12.0. The van der Waals surface area contributed by atoms with E-state index in [9.17, 15) is 4.79 Å². The molecule has 1 N–H and O–H groups in total. The van der Waals surface area contributed by atoms with Crippen LogP contribution in [0, 0.1) is 0 Å². The van der Waals surface area contributed by atoms with E-state index in [-0.39, 0.29) is 11.9 Å². The predicted molar refractivity (Wildman–Crippen MR) is 112 cm³/mol. The summed E-state index contributed by atoms with van der Waals surface area (Å²) in [4.78, 5) is 14.7. The maximum Gasteiger partial charge on any atom is 0.237 e. The van der Waals surface area contributed by atoms with Crippen molar-refractivity contribution in [3.8, 4) is 5.75 Å². The Morgan fingerprint density at radius 3 is 2.79 bits per heavy atom. The van der Waals surface area contributed by atoms with Gasteiger partial charge in [0, 0.05) is 38.1 Å². The van der Waals surface area contributed by atoms with Gasteiger partial charge in [-0.3, -0.25) is 4.79 Å². The second kappa shape index (κ2) is 11.5. The van der Waals surface area contributed by atoms with Gasteiger partial charge < -0.3 is 24.3 Å². The number of aromatic nitrogens is 1. The highest BCUT2D eigenvalue weighted by molar-refractivity contribution is 5.78. The molecule has 0 aliphatic carbocycles. The molecule has 6 heteroatoms. The lowest BCUT2D eigenvalue weighted by Gasteiger charge is -2.29. The van der Waals surface area contributed by atoms with Gasteiger partial charge >= 0.3 is 0 Å². The number of nitrogens with one attached hydrogen (secondary N) is 1. The van der Waals surface area contributed by atoms with Gasteiger partial charge in [-0.15, -0.1) is 0 Å². The maximum absolute atomic E-state index is 12.8. The summed E-state index contributed by atoms with van der Waals surface area (Å²) in [6.07, 6.45) is 2.98. The summed E-state index contributed by atoms with van der Waals surface area (Å²) in [7, 11) is 3.34.